The second kappa shape index (κ2) is 12.2. The molecule has 0 saturated carbocycles. The molecule has 6 nitrogen and oxygen atoms in total. The van der Waals surface area contributed by atoms with E-state index in [9.17, 15) is 18.0 Å². The molecule has 1 aliphatic heterocycles. The molecule has 0 aromatic carbocycles. The molecular formula is C15H23Cl2F3N4O2. The minimum atomic E-state index is -4.48. The average molecular weight is 419 g/mol. The molecule has 26 heavy (non-hydrogen) atoms. The lowest BCUT2D eigenvalue weighted by Gasteiger charge is -2.27. The molecule has 2 rings (SSSR count). The number of nitrogens with one attached hydrogen (secondary N) is 2. The van der Waals surface area contributed by atoms with E-state index in [-0.39, 0.29) is 36.3 Å². The summed E-state index contributed by atoms with van der Waals surface area (Å²) in [4.78, 5) is 18.1. The van der Waals surface area contributed by atoms with Gasteiger partial charge in [-0.25, -0.2) is 4.98 Å². The third-order valence-corrected chi connectivity index (χ3v) is 3.53. The molecule has 1 fully saturated rings. The second-order valence-electron chi connectivity index (χ2n) is 5.46. The molecule has 0 aliphatic carbocycles. The van der Waals surface area contributed by atoms with E-state index >= 15 is 0 Å². The largest absolute Gasteiger partial charge is 0.467 e. The summed E-state index contributed by atoms with van der Waals surface area (Å²) in [5.74, 6) is -0.796. The number of carbonyl (C=O) groups is 1. The van der Waals surface area contributed by atoms with Crippen molar-refractivity contribution in [2.45, 2.75) is 12.6 Å². The molecule has 2 N–H and O–H groups in total. The van der Waals surface area contributed by atoms with Gasteiger partial charge >= 0.3 is 6.18 Å². The zero-order valence-corrected chi connectivity index (χ0v) is 15.7. The molecule has 0 bridgehead atoms. The number of ether oxygens (including phenoxy) is 1. The number of hydrogen-bond donors (Lipinski definition) is 2. The summed E-state index contributed by atoms with van der Waals surface area (Å²) in [5, 5.41) is 5.95. The van der Waals surface area contributed by atoms with Crippen LogP contribution in [0.5, 0.6) is 5.88 Å². The Kier molecular flexibility index (Phi) is 11.6. The normalized spacial score (nSPS) is 14.7. The Morgan fingerprint density at radius 2 is 2.00 bits per heavy atom. The highest BCUT2D eigenvalue weighted by molar-refractivity contribution is 5.96. The number of halogens is 5. The average Bonchev–Trinajstić information content (AvgIpc) is 2.57. The maximum atomic E-state index is 12.2. The lowest BCUT2D eigenvalue weighted by molar-refractivity contribution is -0.154. The second-order valence-corrected chi connectivity index (χ2v) is 5.46. The zero-order chi connectivity index (χ0) is 17.4. The molecule has 1 aliphatic rings. The smallest absolute Gasteiger partial charge is 0.422 e. The van der Waals surface area contributed by atoms with Gasteiger partial charge in [0.05, 0.1) is 0 Å². The standard InChI is InChI=1S/C15H21F3N4O2.2ClH/c16-15(17,18)11-24-14-12(3-1-4-21-14)13(23)20-5-2-8-22-9-6-19-7-10-22;;/h1,3-4,19H,2,5-11H2,(H,20,23);2*1H. The van der Waals surface area contributed by atoms with Gasteiger partial charge in [-0.1, -0.05) is 0 Å². The number of alkyl halides is 3. The molecule has 0 spiro atoms. The Morgan fingerprint density at radius 1 is 1.31 bits per heavy atom. The van der Waals surface area contributed by atoms with Gasteiger partial charge in [0.1, 0.15) is 5.56 Å². The predicted molar refractivity (Wildman–Crippen MR) is 96.5 cm³/mol. The predicted octanol–water partition coefficient (Wildman–Crippen LogP) is 1.89. The number of hydrogen-bond acceptors (Lipinski definition) is 5. The van der Waals surface area contributed by atoms with Crippen molar-refractivity contribution in [2.24, 2.45) is 0 Å². The third-order valence-electron chi connectivity index (χ3n) is 3.53. The molecule has 1 aromatic rings. The van der Waals surface area contributed by atoms with Crippen molar-refractivity contribution in [3.05, 3.63) is 23.9 Å². The highest BCUT2D eigenvalue weighted by Crippen LogP contribution is 2.19. The van der Waals surface area contributed by atoms with E-state index in [0.717, 1.165) is 39.1 Å². The van der Waals surface area contributed by atoms with Crippen LogP contribution in [0.25, 0.3) is 0 Å². The first-order valence-corrected chi connectivity index (χ1v) is 7.81. The maximum absolute atomic E-state index is 12.2. The fraction of sp³-hybridized carbons (Fsp3) is 0.600. The molecule has 0 radical (unpaired) electrons. The minimum Gasteiger partial charge on any atom is -0.467 e. The summed E-state index contributed by atoms with van der Waals surface area (Å²) in [6.07, 6.45) is -2.42. The first-order chi connectivity index (χ1) is 11.5. The fourth-order valence-electron chi connectivity index (χ4n) is 2.36. The van der Waals surface area contributed by atoms with Crippen molar-refractivity contribution < 1.29 is 22.7 Å². The first kappa shape index (κ1) is 24.7. The lowest BCUT2D eigenvalue weighted by Crippen LogP contribution is -2.44. The molecule has 0 unspecified atom stereocenters. The summed E-state index contributed by atoms with van der Waals surface area (Å²) < 4.78 is 41.3. The number of rotatable bonds is 7. The number of piperazine rings is 1. The number of carbonyl (C=O) groups excluding carboxylic acids is 1. The van der Waals surface area contributed by atoms with E-state index in [2.05, 4.69) is 25.3 Å². The van der Waals surface area contributed by atoms with Crippen molar-refractivity contribution in [3.8, 4) is 5.88 Å². The van der Waals surface area contributed by atoms with Gasteiger partial charge in [0.15, 0.2) is 6.61 Å². The van der Waals surface area contributed by atoms with Crippen molar-refractivity contribution in [1.82, 2.24) is 20.5 Å². The van der Waals surface area contributed by atoms with Crippen LogP contribution in [0.4, 0.5) is 13.2 Å². The Bertz CT molecular complexity index is 544. The van der Waals surface area contributed by atoms with Crippen LogP contribution in [0.3, 0.4) is 0 Å². The van der Waals surface area contributed by atoms with E-state index in [1.54, 1.807) is 0 Å². The highest BCUT2D eigenvalue weighted by Gasteiger charge is 2.29. The van der Waals surface area contributed by atoms with Gasteiger partial charge in [0, 0.05) is 38.9 Å². The summed E-state index contributed by atoms with van der Waals surface area (Å²) in [6, 6.07) is 2.88. The SMILES string of the molecule is Cl.Cl.O=C(NCCCN1CCNCC1)c1cccnc1OCC(F)(F)F. The van der Waals surface area contributed by atoms with Gasteiger partial charge in [0.25, 0.3) is 5.91 Å². The molecule has 1 amide bonds. The Morgan fingerprint density at radius 3 is 2.65 bits per heavy atom. The number of amides is 1. The van der Waals surface area contributed by atoms with Crippen LogP contribution in [-0.2, 0) is 0 Å². The van der Waals surface area contributed by atoms with E-state index in [1.807, 2.05) is 0 Å². The van der Waals surface area contributed by atoms with E-state index in [1.165, 1.54) is 18.3 Å². The molecule has 1 saturated heterocycles. The zero-order valence-electron chi connectivity index (χ0n) is 14.1. The van der Waals surface area contributed by atoms with Crippen LogP contribution in [0, 0.1) is 0 Å². The molecule has 11 heteroatoms. The number of pyridine rings is 1. The maximum Gasteiger partial charge on any atom is 0.422 e. The lowest BCUT2D eigenvalue weighted by atomic mass is 10.2. The molecule has 1 aromatic heterocycles. The molecular weight excluding hydrogens is 396 g/mol. The van der Waals surface area contributed by atoms with Crippen LogP contribution in [0.1, 0.15) is 16.8 Å². The first-order valence-electron chi connectivity index (χ1n) is 7.81. The third kappa shape index (κ3) is 8.88. The van der Waals surface area contributed by atoms with E-state index in [4.69, 9.17) is 0 Å². The topological polar surface area (TPSA) is 66.5 Å². The van der Waals surface area contributed by atoms with E-state index < -0.39 is 18.7 Å². The number of nitrogens with zero attached hydrogens (tertiary/aromatic N) is 2. The van der Waals surface area contributed by atoms with Gasteiger partial charge < -0.3 is 20.3 Å². The van der Waals surface area contributed by atoms with Crippen LogP contribution in [0.2, 0.25) is 0 Å². The summed E-state index contributed by atoms with van der Waals surface area (Å²) in [5.41, 5.74) is 0.00363. The summed E-state index contributed by atoms with van der Waals surface area (Å²) >= 11 is 0. The highest BCUT2D eigenvalue weighted by atomic mass is 35.5. The van der Waals surface area contributed by atoms with Crippen LogP contribution < -0.4 is 15.4 Å². The quantitative estimate of drug-likeness (QED) is 0.661. The van der Waals surface area contributed by atoms with Crippen LogP contribution >= 0.6 is 24.8 Å². The molecule has 0 atom stereocenters. The van der Waals surface area contributed by atoms with Crippen molar-refractivity contribution in [2.75, 3.05) is 45.9 Å². The van der Waals surface area contributed by atoms with Gasteiger partial charge in [-0.3, -0.25) is 4.79 Å². The van der Waals surface area contributed by atoms with Gasteiger partial charge in [0.2, 0.25) is 5.88 Å². The van der Waals surface area contributed by atoms with Gasteiger partial charge in [-0.15, -0.1) is 24.8 Å². The van der Waals surface area contributed by atoms with Gasteiger partial charge in [-0.05, 0) is 25.1 Å². The Balaban J connectivity index is 0.00000312. The Hall–Kier alpha value is -1.29. The van der Waals surface area contributed by atoms with Crippen LogP contribution in [-0.4, -0.2) is 67.8 Å². The van der Waals surface area contributed by atoms with Crippen LogP contribution in [0.15, 0.2) is 18.3 Å². The van der Waals surface area contributed by atoms with Crippen molar-refractivity contribution >= 4 is 30.7 Å². The summed E-state index contributed by atoms with van der Waals surface area (Å²) in [7, 11) is 0. The van der Waals surface area contributed by atoms with Crippen molar-refractivity contribution in [1.29, 1.82) is 0 Å². The molecule has 2 heterocycles. The monoisotopic (exact) mass is 418 g/mol. The Labute approximate surface area is 162 Å². The molecule has 150 valence electrons. The van der Waals surface area contributed by atoms with E-state index in [0.29, 0.717) is 6.54 Å². The summed E-state index contributed by atoms with van der Waals surface area (Å²) in [6.45, 7) is 3.71. The minimum absolute atomic E-state index is 0. The van der Waals surface area contributed by atoms with Gasteiger partial charge in [-0.2, -0.15) is 13.2 Å². The van der Waals surface area contributed by atoms with Crippen molar-refractivity contribution in [3.63, 3.8) is 0 Å². The fourth-order valence-corrected chi connectivity index (χ4v) is 2.36. The number of aromatic nitrogens is 1.